The van der Waals surface area contributed by atoms with Gasteiger partial charge in [0.15, 0.2) is 0 Å². The average Bonchev–Trinajstić information content (AvgIpc) is 3.38. The Morgan fingerprint density at radius 2 is 1.91 bits per heavy atom. The van der Waals surface area contributed by atoms with Gasteiger partial charge in [0.25, 0.3) is 0 Å². The first-order chi connectivity index (χ1) is 16.7. The summed E-state index contributed by atoms with van der Waals surface area (Å²) < 4.78 is 0. The zero-order valence-electron chi connectivity index (χ0n) is 18.6. The number of amides is 1. The molecule has 8 nitrogen and oxygen atoms in total. The molecule has 8 heteroatoms. The maximum absolute atomic E-state index is 11.7. The predicted molar refractivity (Wildman–Crippen MR) is 136 cm³/mol. The monoisotopic (exact) mass is 451 g/mol. The van der Waals surface area contributed by atoms with Gasteiger partial charge in [0, 0.05) is 53.0 Å². The van der Waals surface area contributed by atoms with Gasteiger partial charge < -0.3 is 21.3 Å². The molecule has 4 N–H and O–H groups in total. The minimum atomic E-state index is -0.273. The molecule has 0 spiro atoms. The molecule has 0 unspecified atom stereocenters. The van der Waals surface area contributed by atoms with Crippen molar-refractivity contribution in [3.8, 4) is 11.3 Å². The Kier molecular flexibility index (Phi) is 6.13. The zero-order valence-corrected chi connectivity index (χ0v) is 18.6. The van der Waals surface area contributed by atoms with Crippen molar-refractivity contribution in [1.29, 1.82) is 0 Å². The SMILES string of the molecule is C=CC(=O)Nc1ccnc(-c2cccc3cnc(Nc4ccc(N[C@@H]5CCNC5)cc4)nc23)c1. The van der Waals surface area contributed by atoms with Crippen LogP contribution in [0.5, 0.6) is 0 Å². The predicted octanol–water partition coefficient (Wildman–Crippen LogP) is 4.33. The molecular formula is C26H25N7O. The molecule has 1 atom stereocenters. The van der Waals surface area contributed by atoms with E-state index in [0.29, 0.717) is 23.4 Å². The first kappa shape index (κ1) is 21.5. The maximum Gasteiger partial charge on any atom is 0.247 e. The molecule has 4 aromatic rings. The molecule has 0 saturated carbocycles. The van der Waals surface area contributed by atoms with Gasteiger partial charge in [-0.1, -0.05) is 24.8 Å². The van der Waals surface area contributed by atoms with E-state index in [-0.39, 0.29) is 5.91 Å². The smallest absolute Gasteiger partial charge is 0.247 e. The van der Waals surface area contributed by atoms with Crippen molar-refractivity contribution in [2.75, 3.05) is 29.0 Å². The number of anilines is 4. The molecule has 0 bridgehead atoms. The Balaban J connectivity index is 1.39. The Morgan fingerprint density at radius 3 is 2.71 bits per heavy atom. The average molecular weight is 452 g/mol. The van der Waals surface area contributed by atoms with Crippen LogP contribution in [-0.4, -0.2) is 40.0 Å². The van der Waals surface area contributed by atoms with Gasteiger partial charge >= 0.3 is 0 Å². The summed E-state index contributed by atoms with van der Waals surface area (Å²) in [6.45, 7) is 5.54. The molecule has 2 aromatic heterocycles. The van der Waals surface area contributed by atoms with Crippen LogP contribution in [0.4, 0.5) is 23.0 Å². The van der Waals surface area contributed by atoms with Gasteiger partial charge in [0.2, 0.25) is 11.9 Å². The Hall–Kier alpha value is -4.30. The van der Waals surface area contributed by atoms with Crippen molar-refractivity contribution in [2.45, 2.75) is 12.5 Å². The van der Waals surface area contributed by atoms with E-state index < -0.39 is 0 Å². The van der Waals surface area contributed by atoms with Gasteiger partial charge in [0.1, 0.15) is 0 Å². The topological polar surface area (TPSA) is 104 Å². The van der Waals surface area contributed by atoms with Gasteiger partial charge in [-0.05, 0) is 55.4 Å². The van der Waals surface area contributed by atoms with Crippen molar-refractivity contribution >= 4 is 39.8 Å². The lowest BCUT2D eigenvalue weighted by Gasteiger charge is -2.13. The van der Waals surface area contributed by atoms with E-state index in [1.165, 1.54) is 6.08 Å². The highest BCUT2D eigenvalue weighted by atomic mass is 16.1. The fourth-order valence-electron chi connectivity index (χ4n) is 3.96. The summed E-state index contributed by atoms with van der Waals surface area (Å²) in [6, 6.07) is 18.0. The van der Waals surface area contributed by atoms with E-state index in [4.69, 9.17) is 4.98 Å². The standard InChI is InChI=1S/C26H25N7O/c1-2-24(34)31-20-11-13-28-23(14-20)22-5-3-4-17-15-29-26(33-25(17)22)32-19-8-6-18(7-9-19)30-21-10-12-27-16-21/h2-9,11,13-15,21,27,30H,1,10,12,16H2,(H,28,31,34)(H,29,32,33)/t21-/m1/s1. The normalized spacial score (nSPS) is 15.1. The second-order valence-corrected chi connectivity index (χ2v) is 8.10. The number of fused-ring (bicyclic) bond motifs is 1. The van der Waals surface area contributed by atoms with E-state index in [2.05, 4.69) is 49.9 Å². The molecule has 1 aliphatic rings. The Labute approximate surface area is 197 Å². The second-order valence-electron chi connectivity index (χ2n) is 8.10. The number of rotatable bonds is 7. The number of nitrogens with one attached hydrogen (secondary N) is 4. The second kappa shape index (κ2) is 9.68. The van der Waals surface area contributed by atoms with E-state index in [0.717, 1.165) is 47.4 Å². The summed E-state index contributed by atoms with van der Waals surface area (Å²) in [5.74, 6) is 0.224. The molecule has 2 aromatic carbocycles. The molecule has 3 heterocycles. The van der Waals surface area contributed by atoms with Gasteiger partial charge in [-0.3, -0.25) is 9.78 Å². The number of nitrogens with zero attached hydrogens (tertiary/aromatic N) is 3. The van der Waals surface area contributed by atoms with Crippen LogP contribution in [-0.2, 0) is 4.79 Å². The summed E-state index contributed by atoms with van der Waals surface area (Å²) in [5, 5.41) is 13.9. The summed E-state index contributed by atoms with van der Waals surface area (Å²) in [5.41, 5.74) is 4.96. The van der Waals surface area contributed by atoms with Crippen molar-refractivity contribution in [3.63, 3.8) is 0 Å². The third-order valence-electron chi connectivity index (χ3n) is 5.67. The van der Waals surface area contributed by atoms with Crippen LogP contribution < -0.4 is 21.3 Å². The lowest BCUT2D eigenvalue weighted by molar-refractivity contribution is -0.111. The number of aromatic nitrogens is 3. The summed E-state index contributed by atoms with van der Waals surface area (Å²) in [4.78, 5) is 25.4. The largest absolute Gasteiger partial charge is 0.381 e. The lowest BCUT2D eigenvalue weighted by Crippen LogP contribution is -2.21. The van der Waals surface area contributed by atoms with Crippen LogP contribution in [0.15, 0.2) is 79.6 Å². The van der Waals surface area contributed by atoms with Crippen LogP contribution in [0.25, 0.3) is 22.2 Å². The summed E-state index contributed by atoms with van der Waals surface area (Å²) in [7, 11) is 0. The number of carbonyl (C=O) groups excluding carboxylic acids is 1. The van der Waals surface area contributed by atoms with Crippen LogP contribution in [0.3, 0.4) is 0 Å². The lowest BCUT2D eigenvalue weighted by atomic mass is 10.1. The minimum Gasteiger partial charge on any atom is -0.381 e. The molecule has 1 fully saturated rings. The number of hydrogen-bond acceptors (Lipinski definition) is 7. The Bertz CT molecular complexity index is 1330. The fourth-order valence-corrected chi connectivity index (χ4v) is 3.96. The summed E-state index contributed by atoms with van der Waals surface area (Å²) >= 11 is 0. The highest BCUT2D eigenvalue weighted by molar-refractivity contribution is 5.99. The van der Waals surface area contributed by atoms with Gasteiger partial charge in [0.05, 0.1) is 11.2 Å². The maximum atomic E-state index is 11.7. The van der Waals surface area contributed by atoms with Crippen LogP contribution in [0, 0.1) is 0 Å². The molecule has 1 amide bonds. The number of hydrogen-bond donors (Lipinski definition) is 4. The third kappa shape index (κ3) is 4.87. The molecule has 1 saturated heterocycles. The molecule has 0 radical (unpaired) electrons. The molecule has 34 heavy (non-hydrogen) atoms. The van der Waals surface area contributed by atoms with Crippen molar-refractivity contribution in [2.24, 2.45) is 0 Å². The van der Waals surface area contributed by atoms with Gasteiger partial charge in [-0.25, -0.2) is 9.97 Å². The quantitative estimate of drug-likeness (QED) is 0.310. The highest BCUT2D eigenvalue weighted by Gasteiger charge is 2.14. The Morgan fingerprint density at radius 1 is 1.06 bits per heavy atom. The molecule has 0 aliphatic carbocycles. The first-order valence-corrected chi connectivity index (χ1v) is 11.2. The van der Waals surface area contributed by atoms with E-state index in [1.54, 1.807) is 18.5 Å². The zero-order chi connectivity index (χ0) is 23.3. The van der Waals surface area contributed by atoms with Crippen LogP contribution >= 0.6 is 0 Å². The summed E-state index contributed by atoms with van der Waals surface area (Å²) in [6.07, 6.45) is 5.81. The first-order valence-electron chi connectivity index (χ1n) is 11.2. The molecule has 1 aliphatic heterocycles. The van der Waals surface area contributed by atoms with Crippen LogP contribution in [0.1, 0.15) is 6.42 Å². The number of benzene rings is 2. The van der Waals surface area contributed by atoms with E-state index >= 15 is 0 Å². The fraction of sp³-hybridized carbons (Fsp3) is 0.154. The van der Waals surface area contributed by atoms with Gasteiger partial charge in [-0.15, -0.1) is 0 Å². The van der Waals surface area contributed by atoms with Crippen molar-refractivity contribution in [3.05, 3.63) is 79.6 Å². The van der Waals surface area contributed by atoms with E-state index in [9.17, 15) is 4.79 Å². The van der Waals surface area contributed by atoms with Crippen molar-refractivity contribution < 1.29 is 4.79 Å². The van der Waals surface area contributed by atoms with Crippen LogP contribution in [0.2, 0.25) is 0 Å². The third-order valence-corrected chi connectivity index (χ3v) is 5.67. The van der Waals surface area contributed by atoms with Gasteiger partial charge in [-0.2, -0.15) is 0 Å². The number of para-hydroxylation sites is 1. The number of carbonyl (C=O) groups is 1. The molecular weight excluding hydrogens is 426 g/mol. The van der Waals surface area contributed by atoms with Crippen molar-refractivity contribution in [1.82, 2.24) is 20.3 Å². The van der Waals surface area contributed by atoms with E-state index in [1.807, 2.05) is 36.4 Å². The number of pyridine rings is 1. The highest BCUT2D eigenvalue weighted by Crippen LogP contribution is 2.28. The molecule has 5 rings (SSSR count). The molecule has 170 valence electrons. The minimum absolute atomic E-state index is 0.273.